The van der Waals surface area contributed by atoms with Gasteiger partial charge in [0, 0.05) is 19.6 Å². The number of rotatable bonds is 4. The molecule has 1 aliphatic heterocycles. The van der Waals surface area contributed by atoms with Gasteiger partial charge in [-0.1, -0.05) is 12.8 Å². The lowest BCUT2D eigenvalue weighted by Crippen LogP contribution is -2.36. The Hall–Kier alpha value is -0.0400. The molecule has 1 saturated carbocycles. The second kappa shape index (κ2) is 8.19. The van der Waals surface area contributed by atoms with E-state index in [1.807, 2.05) is 0 Å². The van der Waals surface area contributed by atoms with Crippen LogP contribution in [0.4, 0.5) is 0 Å². The molecule has 2 rings (SSSR count). The Bertz CT molecular complexity index is 258. The van der Waals surface area contributed by atoms with Crippen LogP contribution < -0.4 is 5.73 Å². The lowest BCUT2D eigenvalue weighted by molar-refractivity contribution is 0.293. The molecule has 0 aromatic heterocycles. The molecule has 0 unspecified atom stereocenters. The Balaban J connectivity index is 0.00000162. The summed E-state index contributed by atoms with van der Waals surface area (Å²) in [6.07, 6.45) is 8.04. The first kappa shape index (κ1) is 16.0. The minimum atomic E-state index is 0. The summed E-state index contributed by atoms with van der Waals surface area (Å²) in [5.41, 5.74) is 5.96. The zero-order valence-corrected chi connectivity index (χ0v) is 13.8. The highest BCUT2D eigenvalue weighted by Gasteiger charge is 2.27. The monoisotopic (exact) mass is 366 g/mol. The largest absolute Gasteiger partial charge is 0.370 e. The van der Waals surface area contributed by atoms with Crippen LogP contribution in [0.15, 0.2) is 4.99 Å². The predicted molar refractivity (Wildman–Crippen MR) is 87.6 cm³/mol. The van der Waals surface area contributed by atoms with Crippen LogP contribution >= 0.6 is 24.0 Å². The first-order chi connectivity index (χ1) is 8.27. The molecule has 0 amide bonds. The Labute approximate surface area is 128 Å². The van der Waals surface area contributed by atoms with Crippen molar-refractivity contribution in [1.29, 1.82) is 0 Å². The number of hydrogen-bond acceptors (Lipinski definition) is 2. The third-order valence-electron chi connectivity index (χ3n) is 3.84. The van der Waals surface area contributed by atoms with E-state index in [2.05, 4.69) is 21.8 Å². The maximum atomic E-state index is 5.96. The smallest absolute Gasteiger partial charge is 0.191 e. The maximum absolute atomic E-state index is 5.96. The standard InChI is InChI=1S/C13H26N4.HI/c1-16(12-6-7-12)13(14)15-8-11-17-9-4-2-3-5-10-17;/h12H,2-11H2,1H3,(H2,14,15);1H. The van der Waals surface area contributed by atoms with Crippen LogP contribution in [0.2, 0.25) is 0 Å². The maximum Gasteiger partial charge on any atom is 0.191 e. The van der Waals surface area contributed by atoms with Crippen LogP contribution in [0.25, 0.3) is 0 Å². The minimum absolute atomic E-state index is 0. The molecule has 0 spiro atoms. The molecule has 0 radical (unpaired) electrons. The van der Waals surface area contributed by atoms with Crippen LogP contribution in [0.3, 0.4) is 0 Å². The second-order valence-electron chi connectivity index (χ2n) is 5.34. The fourth-order valence-corrected chi connectivity index (χ4v) is 2.43. The van der Waals surface area contributed by atoms with Gasteiger partial charge in [-0.15, -0.1) is 24.0 Å². The van der Waals surface area contributed by atoms with Crippen molar-refractivity contribution in [1.82, 2.24) is 9.80 Å². The number of likely N-dealkylation sites (tertiary alicyclic amines) is 1. The van der Waals surface area contributed by atoms with Gasteiger partial charge in [0.05, 0.1) is 6.54 Å². The molecule has 106 valence electrons. The predicted octanol–water partition coefficient (Wildman–Crippen LogP) is 1.89. The second-order valence-corrected chi connectivity index (χ2v) is 5.34. The van der Waals surface area contributed by atoms with Gasteiger partial charge in [-0.25, -0.2) is 0 Å². The zero-order valence-electron chi connectivity index (χ0n) is 11.5. The summed E-state index contributed by atoms with van der Waals surface area (Å²) in [4.78, 5) is 9.14. The highest BCUT2D eigenvalue weighted by Crippen LogP contribution is 2.24. The quantitative estimate of drug-likeness (QED) is 0.470. The van der Waals surface area contributed by atoms with E-state index in [4.69, 9.17) is 5.73 Å². The molecule has 5 heteroatoms. The van der Waals surface area contributed by atoms with Gasteiger partial charge in [0.2, 0.25) is 0 Å². The van der Waals surface area contributed by atoms with Gasteiger partial charge in [-0.05, 0) is 38.8 Å². The Morgan fingerprint density at radius 2 is 1.83 bits per heavy atom. The molecule has 0 aromatic rings. The highest BCUT2D eigenvalue weighted by atomic mass is 127. The molecule has 2 fully saturated rings. The van der Waals surface area contributed by atoms with Crippen molar-refractivity contribution in [3.8, 4) is 0 Å². The molecule has 1 aliphatic carbocycles. The van der Waals surface area contributed by atoms with Crippen molar-refractivity contribution < 1.29 is 0 Å². The van der Waals surface area contributed by atoms with E-state index in [-0.39, 0.29) is 24.0 Å². The van der Waals surface area contributed by atoms with Crippen molar-refractivity contribution in [2.75, 3.05) is 33.2 Å². The average molecular weight is 366 g/mol. The van der Waals surface area contributed by atoms with E-state index in [1.54, 1.807) is 0 Å². The molecule has 18 heavy (non-hydrogen) atoms. The lowest BCUT2D eigenvalue weighted by atomic mass is 10.2. The van der Waals surface area contributed by atoms with Gasteiger partial charge < -0.3 is 15.5 Å². The van der Waals surface area contributed by atoms with E-state index in [0.29, 0.717) is 6.04 Å². The Morgan fingerprint density at radius 3 is 2.39 bits per heavy atom. The van der Waals surface area contributed by atoms with Gasteiger partial charge >= 0.3 is 0 Å². The molecule has 0 aromatic carbocycles. The summed E-state index contributed by atoms with van der Waals surface area (Å²) in [5, 5.41) is 0. The summed E-state index contributed by atoms with van der Waals surface area (Å²) in [6.45, 7) is 4.41. The van der Waals surface area contributed by atoms with Crippen LogP contribution in [0.1, 0.15) is 38.5 Å². The fraction of sp³-hybridized carbons (Fsp3) is 0.923. The topological polar surface area (TPSA) is 44.9 Å². The number of nitrogens with two attached hydrogens (primary N) is 1. The van der Waals surface area contributed by atoms with Crippen molar-refractivity contribution in [2.45, 2.75) is 44.6 Å². The van der Waals surface area contributed by atoms with E-state index < -0.39 is 0 Å². The number of halogens is 1. The first-order valence-corrected chi connectivity index (χ1v) is 7.02. The van der Waals surface area contributed by atoms with Crippen LogP contribution in [0, 0.1) is 0 Å². The molecule has 0 atom stereocenters. The number of hydrogen-bond donors (Lipinski definition) is 1. The molecule has 0 bridgehead atoms. The normalized spacial score (nSPS) is 22.2. The van der Waals surface area contributed by atoms with Crippen molar-refractivity contribution in [2.24, 2.45) is 10.7 Å². The Morgan fingerprint density at radius 1 is 1.22 bits per heavy atom. The minimum Gasteiger partial charge on any atom is -0.370 e. The fourth-order valence-electron chi connectivity index (χ4n) is 2.43. The highest BCUT2D eigenvalue weighted by molar-refractivity contribution is 14.0. The summed E-state index contributed by atoms with van der Waals surface area (Å²) < 4.78 is 0. The molecular formula is C13H27IN4. The van der Waals surface area contributed by atoms with E-state index >= 15 is 0 Å². The first-order valence-electron chi connectivity index (χ1n) is 7.02. The lowest BCUT2D eigenvalue weighted by Gasteiger charge is -2.20. The summed E-state index contributed by atoms with van der Waals surface area (Å²) in [6, 6.07) is 0.664. The molecule has 2 N–H and O–H groups in total. The molecular weight excluding hydrogens is 339 g/mol. The van der Waals surface area contributed by atoms with Crippen LogP contribution in [0.5, 0.6) is 0 Å². The van der Waals surface area contributed by atoms with Gasteiger partial charge in [-0.2, -0.15) is 0 Å². The van der Waals surface area contributed by atoms with Crippen molar-refractivity contribution in [3.05, 3.63) is 0 Å². The molecule has 1 saturated heterocycles. The van der Waals surface area contributed by atoms with Gasteiger partial charge in [-0.3, -0.25) is 4.99 Å². The number of aliphatic imine (C=N–C) groups is 1. The average Bonchev–Trinajstić information content (AvgIpc) is 3.15. The van der Waals surface area contributed by atoms with Crippen molar-refractivity contribution in [3.63, 3.8) is 0 Å². The van der Waals surface area contributed by atoms with Crippen LogP contribution in [-0.4, -0.2) is 55.0 Å². The summed E-state index contributed by atoms with van der Waals surface area (Å²) >= 11 is 0. The third kappa shape index (κ3) is 5.30. The summed E-state index contributed by atoms with van der Waals surface area (Å²) in [7, 11) is 2.06. The zero-order chi connectivity index (χ0) is 12.1. The van der Waals surface area contributed by atoms with Gasteiger partial charge in [0.15, 0.2) is 5.96 Å². The molecule has 4 nitrogen and oxygen atoms in total. The summed E-state index contributed by atoms with van der Waals surface area (Å²) in [5.74, 6) is 0.724. The van der Waals surface area contributed by atoms with E-state index in [9.17, 15) is 0 Å². The van der Waals surface area contributed by atoms with Gasteiger partial charge in [0.25, 0.3) is 0 Å². The Kier molecular flexibility index (Phi) is 7.29. The van der Waals surface area contributed by atoms with E-state index in [1.165, 1.54) is 51.6 Å². The molecule has 2 aliphatic rings. The van der Waals surface area contributed by atoms with Gasteiger partial charge in [0.1, 0.15) is 0 Å². The van der Waals surface area contributed by atoms with Crippen molar-refractivity contribution >= 4 is 29.9 Å². The van der Waals surface area contributed by atoms with E-state index in [0.717, 1.165) is 19.0 Å². The molecule has 1 heterocycles. The number of guanidine groups is 1. The third-order valence-corrected chi connectivity index (χ3v) is 3.84. The number of nitrogens with zero attached hydrogens (tertiary/aromatic N) is 3. The SMILES string of the molecule is CN(C(N)=NCCN1CCCCCC1)C1CC1.I. The van der Waals surface area contributed by atoms with Crippen LogP contribution in [-0.2, 0) is 0 Å².